The molecule has 3 heteroatoms. The molecule has 0 aliphatic rings. The van der Waals surface area contributed by atoms with Crippen LogP contribution in [0.25, 0.3) is 0 Å². The number of methoxy groups -OCH3 is 1. The van der Waals surface area contributed by atoms with Crippen LogP contribution in [0.5, 0.6) is 0 Å². The summed E-state index contributed by atoms with van der Waals surface area (Å²) in [5.74, 6) is 0. The van der Waals surface area contributed by atoms with E-state index in [0.717, 1.165) is 5.56 Å². The molecule has 0 saturated carbocycles. The molecule has 1 N–H and O–H groups in total. The highest BCUT2D eigenvalue weighted by Crippen LogP contribution is 2.13. The molecule has 1 atom stereocenters. The van der Waals surface area contributed by atoms with Crippen molar-refractivity contribution in [3.8, 4) is 6.07 Å². The second kappa shape index (κ2) is 4.61. The minimum absolute atomic E-state index is 0.492. The number of ether oxygens (including phenoxy) is 1. The fourth-order valence-corrected chi connectivity index (χ4v) is 1.09. The number of aliphatic hydroxyl groups is 1. The first-order valence-electron chi connectivity index (χ1n) is 3.93. The predicted octanol–water partition coefficient (Wildman–Crippen LogP) is 1.39. The maximum atomic E-state index is 9.22. The van der Waals surface area contributed by atoms with Crippen molar-refractivity contribution in [2.45, 2.75) is 12.7 Å². The number of aliphatic hydroxyl groups excluding tert-OH is 1. The lowest BCUT2D eigenvalue weighted by Crippen LogP contribution is -1.95. The van der Waals surface area contributed by atoms with Crippen molar-refractivity contribution in [2.75, 3.05) is 7.11 Å². The second-order valence-electron chi connectivity index (χ2n) is 2.71. The summed E-state index contributed by atoms with van der Waals surface area (Å²) in [7, 11) is 1.60. The number of nitriles is 1. The number of benzene rings is 1. The largest absolute Gasteiger partial charge is 0.380 e. The Hall–Kier alpha value is -1.37. The quantitative estimate of drug-likeness (QED) is 0.710. The molecule has 1 aromatic rings. The molecule has 0 aliphatic carbocycles. The van der Waals surface area contributed by atoms with E-state index in [1.807, 2.05) is 6.07 Å². The van der Waals surface area contributed by atoms with Crippen LogP contribution in [-0.4, -0.2) is 12.2 Å². The van der Waals surface area contributed by atoms with Gasteiger partial charge < -0.3 is 9.84 Å². The van der Waals surface area contributed by atoms with Gasteiger partial charge >= 0.3 is 0 Å². The van der Waals surface area contributed by atoms with Crippen LogP contribution in [-0.2, 0) is 11.3 Å². The molecule has 0 amide bonds. The van der Waals surface area contributed by atoms with E-state index in [0.29, 0.717) is 12.2 Å². The molecule has 0 radical (unpaired) electrons. The Morgan fingerprint density at radius 2 is 2.38 bits per heavy atom. The zero-order valence-corrected chi connectivity index (χ0v) is 7.40. The topological polar surface area (TPSA) is 53.2 Å². The van der Waals surface area contributed by atoms with Crippen LogP contribution in [0.15, 0.2) is 24.3 Å². The van der Waals surface area contributed by atoms with Gasteiger partial charge in [-0.15, -0.1) is 0 Å². The van der Waals surface area contributed by atoms with Gasteiger partial charge in [-0.25, -0.2) is 0 Å². The molecule has 0 fully saturated rings. The minimum atomic E-state index is -1.04. The second-order valence-corrected chi connectivity index (χ2v) is 2.71. The highest BCUT2D eigenvalue weighted by molar-refractivity contribution is 5.27. The first kappa shape index (κ1) is 9.72. The Kier molecular flexibility index (Phi) is 3.44. The molecule has 1 rings (SSSR count). The maximum absolute atomic E-state index is 9.22. The van der Waals surface area contributed by atoms with Gasteiger partial charge in [0.15, 0.2) is 6.10 Å². The van der Waals surface area contributed by atoms with E-state index in [4.69, 9.17) is 10.00 Å². The van der Waals surface area contributed by atoms with Gasteiger partial charge in [-0.2, -0.15) is 5.26 Å². The van der Waals surface area contributed by atoms with E-state index in [1.165, 1.54) is 0 Å². The summed E-state index contributed by atoms with van der Waals surface area (Å²) in [4.78, 5) is 0. The Balaban J connectivity index is 2.86. The fraction of sp³-hybridized carbons (Fsp3) is 0.300. The lowest BCUT2D eigenvalue weighted by Gasteiger charge is -2.04. The van der Waals surface area contributed by atoms with Crippen LogP contribution >= 0.6 is 0 Å². The lowest BCUT2D eigenvalue weighted by atomic mass is 10.1. The lowest BCUT2D eigenvalue weighted by molar-refractivity contribution is 0.184. The van der Waals surface area contributed by atoms with Crippen molar-refractivity contribution in [2.24, 2.45) is 0 Å². The summed E-state index contributed by atoms with van der Waals surface area (Å²) >= 11 is 0. The molecular weight excluding hydrogens is 166 g/mol. The molecule has 0 aliphatic heterocycles. The van der Waals surface area contributed by atoms with Gasteiger partial charge in [0.05, 0.1) is 12.7 Å². The fourth-order valence-electron chi connectivity index (χ4n) is 1.09. The van der Waals surface area contributed by atoms with E-state index in [2.05, 4.69) is 0 Å². The summed E-state index contributed by atoms with van der Waals surface area (Å²) in [6.45, 7) is 0.492. The van der Waals surface area contributed by atoms with E-state index in [9.17, 15) is 5.11 Å². The van der Waals surface area contributed by atoms with Crippen LogP contribution < -0.4 is 0 Å². The van der Waals surface area contributed by atoms with Crippen LogP contribution in [0, 0.1) is 11.3 Å². The van der Waals surface area contributed by atoms with Crippen molar-refractivity contribution >= 4 is 0 Å². The van der Waals surface area contributed by atoms with Gasteiger partial charge in [-0.05, 0) is 17.2 Å². The Labute approximate surface area is 77.2 Å². The van der Waals surface area contributed by atoms with Crippen LogP contribution in [0.1, 0.15) is 17.2 Å². The molecular formula is C10H11NO2. The third-order valence-corrected chi connectivity index (χ3v) is 1.70. The molecule has 0 bridgehead atoms. The summed E-state index contributed by atoms with van der Waals surface area (Å²) < 4.78 is 4.93. The van der Waals surface area contributed by atoms with E-state index in [1.54, 1.807) is 31.4 Å². The SMILES string of the molecule is COCc1cccc(C(O)C#N)c1. The van der Waals surface area contributed by atoms with Gasteiger partial charge in [0.1, 0.15) is 0 Å². The monoisotopic (exact) mass is 177 g/mol. The van der Waals surface area contributed by atoms with Crippen molar-refractivity contribution < 1.29 is 9.84 Å². The molecule has 0 heterocycles. The molecule has 0 aromatic heterocycles. The maximum Gasteiger partial charge on any atom is 0.165 e. The van der Waals surface area contributed by atoms with Gasteiger partial charge in [0, 0.05) is 7.11 Å². The van der Waals surface area contributed by atoms with Crippen LogP contribution in [0.2, 0.25) is 0 Å². The van der Waals surface area contributed by atoms with Crippen molar-refractivity contribution in [1.29, 1.82) is 5.26 Å². The van der Waals surface area contributed by atoms with Crippen LogP contribution in [0.3, 0.4) is 0 Å². The Morgan fingerprint density at radius 3 is 3.00 bits per heavy atom. The number of hydrogen-bond donors (Lipinski definition) is 1. The standard InChI is InChI=1S/C10H11NO2/c1-13-7-8-3-2-4-9(5-8)10(12)6-11/h2-5,10,12H,7H2,1H3. The zero-order chi connectivity index (χ0) is 9.68. The molecule has 68 valence electrons. The number of rotatable bonds is 3. The van der Waals surface area contributed by atoms with E-state index < -0.39 is 6.10 Å². The van der Waals surface area contributed by atoms with E-state index >= 15 is 0 Å². The molecule has 0 saturated heterocycles. The van der Waals surface area contributed by atoms with E-state index in [-0.39, 0.29) is 0 Å². The van der Waals surface area contributed by atoms with Gasteiger partial charge in [0.25, 0.3) is 0 Å². The van der Waals surface area contributed by atoms with Crippen molar-refractivity contribution in [3.05, 3.63) is 35.4 Å². The number of nitrogens with zero attached hydrogens (tertiary/aromatic N) is 1. The average Bonchev–Trinajstić information content (AvgIpc) is 2.18. The highest BCUT2D eigenvalue weighted by Gasteiger charge is 2.05. The molecule has 1 aromatic carbocycles. The Bertz CT molecular complexity index is 317. The van der Waals surface area contributed by atoms with Crippen LogP contribution in [0.4, 0.5) is 0 Å². The summed E-state index contributed by atoms with van der Waals surface area (Å²) in [5, 5.41) is 17.7. The zero-order valence-electron chi connectivity index (χ0n) is 7.40. The third kappa shape index (κ3) is 2.55. The first-order valence-corrected chi connectivity index (χ1v) is 3.93. The molecule has 13 heavy (non-hydrogen) atoms. The van der Waals surface area contributed by atoms with Gasteiger partial charge in [-0.1, -0.05) is 18.2 Å². The third-order valence-electron chi connectivity index (χ3n) is 1.70. The highest BCUT2D eigenvalue weighted by atomic mass is 16.5. The molecule has 0 spiro atoms. The number of hydrogen-bond acceptors (Lipinski definition) is 3. The van der Waals surface area contributed by atoms with Crippen molar-refractivity contribution in [3.63, 3.8) is 0 Å². The summed E-state index contributed by atoms with van der Waals surface area (Å²) in [6, 6.07) is 8.92. The average molecular weight is 177 g/mol. The van der Waals surface area contributed by atoms with Crippen molar-refractivity contribution in [1.82, 2.24) is 0 Å². The van der Waals surface area contributed by atoms with Gasteiger partial charge in [-0.3, -0.25) is 0 Å². The predicted molar refractivity (Wildman–Crippen MR) is 47.7 cm³/mol. The van der Waals surface area contributed by atoms with Gasteiger partial charge in [0.2, 0.25) is 0 Å². The first-order chi connectivity index (χ1) is 6.27. The molecule has 1 unspecified atom stereocenters. The summed E-state index contributed by atoms with van der Waals surface area (Å²) in [5.41, 5.74) is 1.56. The minimum Gasteiger partial charge on any atom is -0.380 e. The Morgan fingerprint density at radius 1 is 1.62 bits per heavy atom. The smallest absolute Gasteiger partial charge is 0.165 e. The molecule has 3 nitrogen and oxygen atoms in total. The summed E-state index contributed by atoms with van der Waals surface area (Å²) in [6.07, 6.45) is -1.04. The normalized spacial score (nSPS) is 12.1.